The molecule has 0 aliphatic heterocycles. The van der Waals surface area contributed by atoms with Crippen LogP contribution in [-0.4, -0.2) is 19.5 Å². The van der Waals surface area contributed by atoms with Crippen molar-refractivity contribution < 1.29 is 14.3 Å². The zero-order valence-electron chi connectivity index (χ0n) is 12.0. The lowest BCUT2D eigenvalue weighted by atomic mass is 9.86. The topological polar surface area (TPSA) is 35.5 Å². The minimum atomic E-state index is -1.18. The normalized spacial score (nSPS) is 13.2. The molecule has 2 aromatic carbocycles. The van der Waals surface area contributed by atoms with Crippen molar-refractivity contribution in [2.75, 3.05) is 13.7 Å². The molecule has 108 valence electrons. The summed E-state index contributed by atoms with van der Waals surface area (Å²) >= 11 is 0. The molecule has 0 spiro atoms. The summed E-state index contributed by atoms with van der Waals surface area (Å²) in [4.78, 5) is 13.0. The molecule has 0 aromatic heterocycles. The lowest BCUT2D eigenvalue weighted by molar-refractivity contribution is -0.0376. The number of hydrogen-bond donors (Lipinski definition) is 0. The highest BCUT2D eigenvalue weighted by Gasteiger charge is 2.41. The summed E-state index contributed by atoms with van der Waals surface area (Å²) in [5.41, 5.74) is 0.149. The summed E-state index contributed by atoms with van der Waals surface area (Å²) in [6.45, 7) is 3.61. The molecule has 1 atom stereocenters. The van der Waals surface area contributed by atoms with Crippen LogP contribution in [0.15, 0.2) is 73.5 Å². The van der Waals surface area contributed by atoms with E-state index in [1.165, 1.54) is 13.4 Å². The quantitative estimate of drug-likeness (QED) is 0.575. The van der Waals surface area contributed by atoms with Crippen LogP contribution in [-0.2, 0) is 15.1 Å². The summed E-state index contributed by atoms with van der Waals surface area (Å²) in [6, 6.07) is 18.4. The predicted molar refractivity (Wildman–Crippen MR) is 82.1 cm³/mol. The van der Waals surface area contributed by atoms with Gasteiger partial charge in [0.1, 0.15) is 6.61 Å². The Labute approximate surface area is 124 Å². The Bertz CT molecular complexity index is 592. The van der Waals surface area contributed by atoms with Crippen molar-refractivity contribution in [2.24, 2.45) is 0 Å². The van der Waals surface area contributed by atoms with E-state index in [4.69, 9.17) is 9.47 Å². The highest BCUT2D eigenvalue weighted by molar-refractivity contribution is 6.03. The van der Waals surface area contributed by atoms with Crippen molar-refractivity contribution in [1.82, 2.24) is 0 Å². The molecule has 0 fully saturated rings. The average Bonchev–Trinajstić information content (AvgIpc) is 2.57. The van der Waals surface area contributed by atoms with Gasteiger partial charge in [-0.1, -0.05) is 67.2 Å². The van der Waals surface area contributed by atoms with E-state index < -0.39 is 5.60 Å². The van der Waals surface area contributed by atoms with E-state index in [2.05, 4.69) is 6.58 Å². The van der Waals surface area contributed by atoms with Crippen LogP contribution in [0.1, 0.15) is 15.9 Å². The molecule has 0 aliphatic rings. The molecule has 0 heterocycles. The molecule has 0 amide bonds. The second-order valence-electron chi connectivity index (χ2n) is 4.57. The van der Waals surface area contributed by atoms with Gasteiger partial charge in [0.15, 0.2) is 5.60 Å². The van der Waals surface area contributed by atoms with Gasteiger partial charge in [-0.3, -0.25) is 4.79 Å². The number of benzene rings is 2. The smallest absolute Gasteiger partial charge is 0.202 e. The number of hydrogen-bond acceptors (Lipinski definition) is 3. The van der Waals surface area contributed by atoms with E-state index in [1.807, 2.05) is 48.5 Å². The Hall–Kier alpha value is -2.39. The Morgan fingerprint density at radius 2 is 1.67 bits per heavy atom. The molecule has 2 rings (SSSR count). The Kier molecular flexibility index (Phi) is 4.90. The van der Waals surface area contributed by atoms with Gasteiger partial charge in [0.25, 0.3) is 0 Å². The highest BCUT2D eigenvalue weighted by atomic mass is 16.5. The maximum atomic E-state index is 13.0. The molecule has 0 bridgehead atoms. The third kappa shape index (κ3) is 3.03. The van der Waals surface area contributed by atoms with Crippen molar-refractivity contribution in [3.8, 4) is 0 Å². The molecule has 3 heteroatoms. The highest BCUT2D eigenvalue weighted by Crippen LogP contribution is 2.30. The van der Waals surface area contributed by atoms with Crippen LogP contribution in [0.5, 0.6) is 0 Å². The van der Waals surface area contributed by atoms with Crippen molar-refractivity contribution in [2.45, 2.75) is 5.60 Å². The fourth-order valence-electron chi connectivity index (χ4n) is 2.26. The summed E-state index contributed by atoms with van der Waals surface area (Å²) in [5, 5.41) is 0. The van der Waals surface area contributed by atoms with E-state index in [0.29, 0.717) is 5.56 Å². The van der Waals surface area contributed by atoms with E-state index in [-0.39, 0.29) is 12.4 Å². The average molecular weight is 282 g/mol. The molecule has 0 aliphatic carbocycles. The van der Waals surface area contributed by atoms with Crippen LogP contribution < -0.4 is 0 Å². The van der Waals surface area contributed by atoms with Crippen LogP contribution >= 0.6 is 0 Å². The number of carbonyl (C=O) groups is 1. The maximum absolute atomic E-state index is 13.0. The summed E-state index contributed by atoms with van der Waals surface area (Å²) in [5.74, 6) is -0.140. The molecule has 1 unspecified atom stereocenters. The van der Waals surface area contributed by atoms with Crippen LogP contribution in [0.2, 0.25) is 0 Å². The lowest BCUT2D eigenvalue weighted by Gasteiger charge is -2.30. The second kappa shape index (κ2) is 6.86. The summed E-state index contributed by atoms with van der Waals surface area (Å²) in [7, 11) is 1.51. The van der Waals surface area contributed by atoms with Gasteiger partial charge in [-0.05, 0) is 5.56 Å². The first-order valence-corrected chi connectivity index (χ1v) is 6.67. The number of Topliss-reactive ketones (excluding diaryl/α,β-unsaturated/α-hetero) is 1. The third-order valence-electron chi connectivity index (χ3n) is 3.40. The first kappa shape index (κ1) is 15.0. The van der Waals surface area contributed by atoms with E-state index in [9.17, 15) is 4.79 Å². The van der Waals surface area contributed by atoms with Gasteiger partial charge < -0.3 is 9.47 Å². The fraction of sp³-hybridized carbons (Fsp3) is 0.167. The Morgan fingerprint density at radius 1 is 1.10 bits per heavy atom. The molecule has 3 nitrogen and oxygen atoms in total. The summed E-state index contributed by atoms with van der Waals surface area (Å²) < 4.78 is 10.9. The number of methoxy groups -OCH3 is 1. The molecule has 0 N–H and O–H groups in total. The van der Waals surface area contributed by atoms with Crippen LogP contribution in [0, 0.1) is 0 Å². The van der Waals surface area contributed by atoms with Gasteiger partial charge in [0, 0.05) is 12.7 Å². The molecule has 0 saturated carbocycles. The molecule has 21 heavy (non-hydrogen) atoms. The van der Waals surface area contributed by atoms with Gasteiger partial charge in [-0.25, -0.2) is 0 Å². The minimum Gasteiger partial charge on any atom is -0.498 e. The molecule has 0 radical (unpaired) electrons. The monoisotopic (exact) mass is 282 g/mol. The van der Waals surface area contributed by atoms with Crippen LogP contribution in [0.25, 0.3) is 0 Å². The van der Waals surface area contributed by atoms with Gasteiger partial charge >= 0.3 is 0 Å². The second-order valence-corrected chi connectivity index (χ2v) is 4.57. The molecular formula is C18H18O3. The van der Waals surface area contributed by atoms with E-state index in [0.717, 1.165) is 5.56 Å². The zero-order valence-corrected chi connectivity index (χ0v) is 12.0. The van der Waals surface area contributed by atoms with Gasteiger partial charge in [-0.15, -0.1) is 0 Å². The lowest BCUT2D eigenvalue weighted by Crippen LogP contribution is -2.42. The molecule has 2 aromatic rings. The number of ether oxygens (including phenoxy) is 2. The van der Waals surface area contributed by atoms with E-state index in [1.54, 1.807) is 12.1 Å². The van der Waals surface area contributed by atoms with Crippen molar-refractivity contribution in [1.29, 1.82) is 0 Å². The van der Waals surface area contributed by atoms with E-state index >= 15 is 0 Å². The number of carbonyl (C=O) groups excluding carboxylic acids is 1. The van der Waals surface area contributed by atoms with Crippen molar-refractivity contribution in [3.05, 3.63) is 84.6 Å². The predicted octanol–water partition coefficient (Wildman–Crippen LogP) is 3.57. The number of ketones is 1. The van der Waals surface area contributed by atoms with Crippen molar-refractivity contribution in [3.63, 3.8) is 0 Å². The maximum Gasteiger partial charge on any atom is 0.202 e. The molecule has 0 saturated heterocycles. The van der Waals surface area contributed by atoms with Crippen molar-refractivity contribution >= 4 is 5.78 Å². The molecular weight excluding hydrogens is 264 g/mol. The number of rotatable bonds is 7. The van der Waals surface area contributed by atoms with Gasteiger partial charge in [0.2, 0.25) is 5.78 Å². The largest absolute Gasteiger partial charge is 0.498 e. The Morgan fingerprint density at radius 3 is 2.19 bits per heavy atom. The zero-order chi connectivity index (χ0) is 15.1. The van der Waals surface area contributed by atoms with Gasteiger partial charge in [-0.2, -0.15) is 0 Å². The Balaban J connectivity index is 2.49. The van der Waals surface area contributed by atoms with Crippen LogP contribution in [0.4, 0.5) is 0 Å². The van der Waals surface area contributed by atoms with Gasteiger partial charge in [0.05, 0.1) is 6.26 Å². The SMILES string of the molecule is C=COCC(OC)(C(=O)c1ccccc1)c1ccccc1. The minimum absolute atomic E-state index is 0.0741. The third-order valence-corrected chi connectivity index (χ3v) is 3.40. The van der Waals surface area contributed by atoms with Crippen LogP contribution in [0.3, 0.4) is 0 Å². The summed E-state index contributed by atoms with van der Waals surface area (Å²) in [6.07, 6.45) is 1.31. The fourth-order valence-corrected chi connectivity index (χ4v) is 2.26. The first-order chi connectivity index (χ1) is 10.2. The standard InChI is InChI=1S/C18H18O3/c1-3-21-14-18(20-2,16-12-8-5-9-13-16)17(19)15-10-6-4-7-11-15/h3-13H,1,14H2,2H3. The first-order valence-electron chi connectivity index (χ1n) is 6.67.